The van der Waals surface area contributed by atoms with E-state index in [0.717, 1.165) is 13.0 Å². The van der Waals surface area contributed by atoms with E-state index in [1.165, 1.54) is 21.9 Å². The molecule has 0 bridgehead atoms. The third-order valence-corrected chi connectivity index (χ3v) is 2.95. The van der Waals surface area contributed by atoms with E-state index in [4.69, 9.17) is 0 Å². The molecule has 0 unspecified atom stereocenters. The lowest BCUT2D eigenvalue weighted by atomic mass is 10.00. The first-order chi connectivity index (χ1) is 8.33. The largest absolute Gasteiger partial charge is 0.319 e. The number of fused-ring (bicyclic) bond motifs is 1. The molecule has 0 saturated carbocycles. The SMILES string of the molecule is CNCCC=C(C)c1cccc2cnccc12. The monoisotopic (exact) mass is 226 g/mol. The van der Waals surface area contributed by atoms with Crippen molar-refractivity contribution in [3.63, 3.8) is 0 Å². The van der Waals surface area contributed by atoms with Gasteiger partial charge in [0.15, 0.2) is 0 Å². The standard InChI is InChI=1S/C15H18N2/c1-12(5-4-9-16-2)14-7-3-6-13-11-17-10-8-15(13)14/h3,5-8,10-11,16H,4,9H2,1-2H3. The molecule has 0 aliphatic heterocycles. The molecule has 2 heteroatoms. The predicted octanol–water partition coefficient (Wildman–Crippen LogP) is 3.25. The summed E-state index contributed by atoms with van der Waals surface area (Å²) in [6.45, 7) is 3.19. The normalized spacial score (nSPS) is 12.0. The molecule has 0 fully saturated rings. The molecule has 0 aliphatic carbocycles. The summed E-state index contributed by atoms with van der Waals surface area (Å²) in [4.78, 5) is 4.16. The Kier molecular flexibility index (Phi) is 3.89. The Hall–Kier alpha value is -1.67. The molecule has 0 aliphatic rings. The van der Waals surface area contributed by atoms with E-state index in [2.05, 4.69) is 47.6 Å². The Morgan fingerprint density at radius 2 is 2.24 bits per heavy atom. The number of pyridine rings is 1. The molecule has 88 valence electrons. The minimum atomic E-state index is 1.02. The first-order valence-electron chi connectivity index (χ1n) is 5.97. The molecule has 0 radical (unpaired) electrons. The van der Waals surface area contributed by atoms with E-state index < -0.39 is 0 Å². The van der Waals surface area contributed by atoms with Gasteiger partial charge in [0.05, 0.1) is 0 Å². The molecule has 17 heavy (non-hydrogen) atoms. The zero-order valence-electron chi connectivity index (χ0n) is 10.4. The van der Waals surface area contributed by atoms with Gasteiger partial charge < -0.3 is 5.32 Å². The smallest absolute Gasteiger partial charge is 0.0346 e. The number of hydrogen-bond donors (Lipinski definition) is 1. The Morgan fingerprint density at radius 3 is 3.06 bits per heavy atom. The van der Waals surface area contributed by atoms with Crippen molar-refractivity contribution in [1.82, 2.24) is 10.3 Å². The van der Waals surface area contributed by atoms with Crippen LogP contribution < -0.4 is 5.32 Å². The van der Waals surface area contributed by atoms with Crippen LogP contribution in [0.4, 0.5) is 0 Å². The molecule has 2 rings (SSSR count). The quantitative estimate of drug-likeness (QED) is 0.809. The molecule has 0 atom stereocenters. The lowest BCUT2D eigenvalue weighted by molar-refractivity contribution is 0.808. The Labute approximate surface area is 102 Å². The van der Waals surface area contributed by atoms with Crippen LogP contribution in [0, 0.1) is 0 Å². The van der Waals surface area contributed by atoms with Crippen LogP contribution in [0.5, 0.6) is 0 Å². The molecule has 1 aromatic heterocycles. The van der Waals surface area contributed by atoms with Gasteiger partial charge >= 0.3 is 0 Å². The van der Waals surface area contributed by atoms with Gasteiger partial charge in [0.1, 0.15) is 0 Å². The number of nitrogens with zero attached hydrogens (tertiary/aromatic N) is 1. The lowest BCUT2D eigenvalue weighted by Crippen LogP contribution is -2.05. The summed E-state index contributed by atoms with van der Waals surface area (Å²) in [7, 11) is 1.98. The Morgan fingerprint density at radius 1 is 1.35 bits per heavy atom. The highest BCUT2D eigenvalue weighted by molar-refractivity contribution is 5.92. The number of hydrogen-bond acceptors (Lipinski definition) is 2. The zero-order chi connectivity index (χ0) is 12.1. The van der Waals surface area contributed by atoms with Crippen LogP contribution in [0.15, 0.2) is 42.7 Å². The van der Waals surface area contributed by atoms with Crippen LogP contribution >= 0.6 is 0 Å². The molecular weight excluding hydrogens is 208 g/mol. The van der Waals surface area contributed by atoms with Crippen molar-refractivity contribution < 1.29 is 0 Å². The maximum Gasteiger partial charge on any atom is 0.0346 e. The van der Waals surface area contributed by atoms with Crippen molar-refractivity contribution in [2.45, 2.75) is 13.3 Å². The van der Waals surface area contributed by atoms with E-state index >= 15 is 0 Å². The van der Waals surface area contributed by atoms with Gasteiger partial charge in [-0.2, -0.15) is 0 Å². The summed E-state index contributed by atoms with van der Waals surface area (Å²) in [5, 5.41) is 5.64. The first kappa shape index (κ1) is 11.8. The van der Waals surface area contributed by atoms with Crippen LogP contribution in [0.1, 0.15) is 18.9 Å². The van der Waals surface area contributed by atoms with E-state index in [1.807, 2.05) is 19.4 Å². The van der Waals surface area contributed by atoms with E-state index in [1.54, 1.807) is 0 Å². The highest BCUT2D eigenvalue weighted by atomic mass is 14.8. The van der Waals surface area contributed by atoms with Gasteiger partial charge in [0.25, 0.3) is 0 Å². The fourth-order valence-electron chi connectivity index (χ4n) is 2.01. The molecular formula is C15H18N2. The fourth-order valence-corrected chi connectivity index (χ4v) is 2.01. The van der Waals surface area contributed by atoms with E-state index in [-0.39, 0.29) is 0 Å². The summed E-state index contributed by atoms with van der Waals surface area (Å²) < 4.78 is 0. The maximum atomic E-state index is 4.16. The maximum absolute atomic E-state index is 4.16. The van der Waals surface area contributed by atoms with Gasteiger partial charge in [-0.3, -0.25) is 4.98 Å². The summed E-state index contributed by atoms with van der Waals surface area (Å²) in [5.74, 6) is 0. The highest BCUT2D eigenvalue weighted by Crippen LogP contribution is 2.24. The third kappa shape index (κ3) is 2.71. The molecule has 0 amide bonds. The van der Waals surface area contributed by atoms with Crippen LogP contribution in [-0.2, 0) is 0 Å². The number of benzene rings is 1. The number of allylic oxidation sites excluding steroid dienone is 1. The predicted molar refractivity (Wildman–Crippen MR) is 73.9 cm³/mol. The second-order valence-electron chi connectivity index (χ2n) is 4.18. The molecule has 2 aromatic rings. The highest BCUT2D eigenvalue weighted by Gasteiger charge is 2.01. The van der Waals surface area contributed by atoms with Gasteiger partial charge in [-0.15, -0.1) is 0 Å². The van der Waals surface area contributed by atoms with Gasteiger partial charge in [0, 0.05) is 17.8 Å². The minimum absolute atomic E-state index is 1.02. The molecule has 0 saturated heterocycles. The lowest BCUT2D eigenvalue weighted by Gasteiger charge is -2.06. The summed E-state index contributed by atoms with van der Waals surface area (Å²) in [6, 6.07) is 8.45. The Balaban J connectivity index is 2.38. The zero-order valence-corrected chi connectivity index (χ0v) is 10.4. The van der Waals surface area contributed by atoms with Crippen molar-refractivity contribution in [3.05, 3.63) is 48.3 Å². The van der Waals surface area contributed by atoms with Crippen molar-refractivity contribution in [3.8, 4) is 0 Å². The van der Waals surface area contributed by atoms with Crippen molar-refractivity contribution in [2.75, 3.05) is 13.6 Å². The van der Waals surface area contributed by atoms with Crippen molar-refractivity contribution >= 4 is 16.3 Å². The van der Waals surface area contributed by atoms with Gasteiger partial charge in [-0.1, -0.05) is 24.3 Å². The number of aromatic nitrogens is 1. The van der Waals surface area contributed by atoms with Gasteiger partial charge in [-0.05, 0) is 49.5 Å². The number of rotatable bonds is 4. The van der Waals surface area contributed by atoms with E-state index in [9.17, 15) is 0 Å². The molecule has 1 aromatic carbocycles. The summed E-state index contributed by atoms with van der Waals surface area (Å²) in [6.07, 6.45) is 7.11. The molecule has 0 spiro atoms. The van der Waals surface area contributed by atoms with E-state index in [0.29, 0.717) is 0 Å². The van der Waals surface area contributed by atoms with Crippen LogP contribution in [0.3, 0.4) is 0 Å². The third-order valence-electron chi connectivity index (χ3n) is 2.95. The summed E-state index contributed by atoms with van der Waals surface area (Å²) >= 11 is 0. The average Bonchev–Trinajstić information content (AvgIpc) is 2.38. The summed E-state index contributed by atoms with van der Waals surface area (Å²) in [5.41, 5.74) is 2.64. The van der Waals surface area contributed by atoms with Gasteiger partial charge in [0.2, 0.25) is 0 Å². The van der Waals surface area contributed by atoms with Crippen LogP contribution in [-0.4, -0.2) is 18.6 Å². The number of nitrogens with one attached hydrogen (secondary N) is 1. The first-order valence-corrected chi connectivity index (χ1v) is 5.97. The second kappa shape index (κ2) is 5.60. The average molecular weight is 226 g/mol. The molecule has 1 heterocycles. The van der Waals surface area contributed by atoms with Crippen molar-refractivity contribution in [2.24, 2.45) is 0 Å². The fraction of sp³-hybridized carbons (Fsp3) is 0.267. The minimum Gasteiger partial charge on any atom is -0.319 e. The second-order valence-corrected chi connectivity index (χ2v) is 4.18. The molecule has 2 nitrogen and oxygen atoms in total. The van der Waals surface area contributed by atoms with Crippen LogP contribution in [0.2, 0.25) is 0 Å². The Bertz CT molecular complexity index is 524. The van der Waals surface area contributed by atoms with Crippen LogP contribution in [0.25, 0.3) is 16.3 Å². The van der Waals surface area contributed by atoms with Gasteiger partial charge in [-0.25, -0.2) is 0 Å². The van der Waals surface area contributed by atoms with Crippen molar-refractivity contribution in [1.29, 1.82) is 0 Å². The molecule has 1 N–H and O–H groups in total. The topological polar surface area (TPSA) is 24.9 Å².